The molecule has 16 heavy (non-hydrogen) atoms. The van der Waals surface area contributed by atoms with Crippen LogP contribution in [0.3, 0.4) is 0 Å². The van der Waals surface area contributed by atoms with Crippen LogP contribution in [0.2, 0.25) is 0 Å². The van der Waals surface area contributed by atoms with E-state index in [4.69, 9.17) is 5.11 Å². The van der Waals surface area contributed by atoms with E-state index in [1.807, 2.05) is 29.7 Å². The molecule has 0 amide bonds. The number of para-hydroxylation sites is 1. The van der Waals surface area contributed by atoms with Gasteiger partial charge in [0.25, 0.3) is 0 Å². The van der Waals surface area contributed by atoms with Crippen molar-refractivity contribution in [3.05, 3.63) is 35.5 Å². The minimum atomic E-state index is -0.800. The summed E-state index contributed by atoms with van der Waals surface area (Å²) >= 11 is 0. The molecular formula is C13H15NO2. The van der Waals surface area contributed by atoms with Crippen LogP contribution in [0.1, 0.15) is 18.2 Å². The maximum Gasteiger partial charge on any atom is 0.323 e. The zero-order valence-electron chi connectivity index (χ0n) is 9.53. The largest absolute Gasteiger partial charge is 0.480 e. The average Bonchev–Trinajstić information content (AvgIpc) is 2.52. The quantitative estimate of drug-likeness (QED) is 0.858. The van der Waals surface area contributed by atoms with E-state index in [0.29, 0.717) is 0 Å². The summed E-state index contributed by atoms with van der Waals surface area (Å²) in [5.41, 5.74) is 3.32. The molecule has 0 fully saturated rings. The molecule has 0 saturated carbocycles. The summed E-state index contributed by atoms with van der Waals surface area (Å²) < 4.78 is 1.87. The molecule has 3 heteroatoms. The summed E-state index contributed by atoms with van der Waals surface area (Å²) in [4.78, 5) is 10.8. The number of hydrogen-bond donors (Lipinski definition) is 1. The van der Waals surface area contributed by atoms with Crippen LogP contribution < -0.4 is 0 Å². The van der Waals surface area contributed by atoms with Gasteiger partial charge < -0.3 is 9.67 Å². The van der Waals surface area contributed by atoms with Gasteiger partial charge >= 0.3 is 5.97 Å². The van der Waals surface area contributed by atoms with Gasteiger partial charge in [-0.25, -0.2) is 0 Å². The van der Waals surface area contributed by atoms with Crippen LogP contribution in [0.5, 0.6) is 0 Å². The Kier molecular flexibility index (Phi) is 2.69. The second-order valence-electron chi connectivity index (χ2n) is 3.91. The first-order chi connectivity index (χ1) is 7.65. The van der Waals surface area contributed by atoms with Gasteiger partial charge in [0.1, 0.15) is 6.54 Å². The number of carboxylic acid groups (broad SMARTS) is 1. The van der Waals surface area contributed by atoms with E-state index in [-0.39, 0.29) is 6.54 Å². The normalized spacial score (nSPS) is 10.9. The molecule has 0 aliphatic carbocycles. The molecule has 84 valence electrons. The molecular weight excluding hydrogens is 202 g/mol. The summed E-state index contributed by atoms with van der Waals surface area (Å²) in [5, 5.41) is 10.1. The highest BCUT2D eigenvalue weighted by Crippen LogP contribution is 2.25. The van der Waals surface area contributed by atoms with E-state index >= 15 is 0 Å². The predicted molar refractivity (Wildman–Crippen MR) is 63.7 cm³/mol. The average molecular weight is 217 g/mol. The predicted octanol–water partition coefficient (Wildman–Crippen LogP) is 2.60. The van der Waals surface area contributed by atoms with Gasteiger partial charge in [0.2, 0.25) is 0 Å². The minimum Gasteiger partial charge on any atom is -0.480 e. The van der Waals surface area contributed by atoms with Crippen molar-refractivity contribution in [3.63, 3.8) is 0 Å². The fourth-order valence-electron chi connectivity index (χ4n) is 2.29. The Balaban J connectivity index is 2.71. The van der Waals surface area contributed by atoms with Gasteiger partial charge in [-0.3, -0.25) is 4.79 Å². The van der Waals surface area contributed by atoms with Gasteiger partial charge in [0.05, 0.1) is 0 Å². The summed E-state index contributed by atoms with van der Waals surface area (Å²) in [7, 11) is 0. The summed E-state index contributed by atoms with van der Waals surface area (Å²) in [5.74, 6) is -0.800. The number of aryl methyl sites for hydroxylation is 1. The molecule has 0 unspecified atom stereocenters. The van der Waals surface area contributed by atoms with E-state index in [9.17, 15) is 4.79 Å². The van der Waals surface area contributed by atoms with Gasteiger partial charge in [0.15, 0.2) is 0 Å². The Morgan fingerprint density at radius 1 is 1.38 bits per heavy atom. The molecule has 0 radical (unpaired) electrons. The van der Waals surface area contributed by atoms with E-state index in [1.54, 1.807) is 0 Å². The molecule has 0 spiro atoms. The van der Waals surface area contributed by atoms with Crippen LogP contribution in [-0.2, 0) is 17.8 Å². The molecule has 1 aromatic heterocycles. The fourth-order valence-corrected chi connectivity index (χ4v) is 2.29. The standard InChI is InChI=1S/C13H15NO2/c1-3-10-9(2)14(8-13(15)16)12-7-5-4-6-11(10)12/h4-7H,3,8H2,1-2H3,(H,15,16). The third-order valence-electron chi connectivity index (χ3n) is 3.01. The first-order valence-corrected chi connectivity index (χ1v) is 5.43. The topological polar surface area (TPSA) is 42.2 Å². The van der Waals surface area contributed by atoms with E-state index in [2.05, 4.69) is 13.0 Å². The number of aromatic nitrogens is 1. The lowest BCUT2D eigenvalue weighted by molar-refractivity contribution is -0.137. The number of fused-ring (bicyclic) bond motifs is 1. The summed E-state index contributed by atoms with van der Waals surface area (Å²) in [6.45, 7) is 4.12. The van der Waals surface area contributed by atoms with E-state index in [1.165, 1.54) is 10.9 Å². The van der Waals surface area contributed by atoms with Crippen molar-refractivity contribution < 1.29 is 9.90 Å². The Labute approximate surface area is 94.3 Å². The van der Waals surface area contributed by atoms with Crippen molar-refractivity contribution >= 4 is 16.9 Å². The molecule has 0 aliphatic rings. The number of benzene rings is 1. The maximum atomic E-state index is 10.8. The van der Waals surface area contributed by atoms with Crippen LogP contribution in [0.25, 0.3) is 10.9 Å². The van der Waals surface area contributed by atoms with E-state index in [0.717, 1.165) is 17.6 Å². The highest BCUT2D eigenvalue weighted by molar-refractivity contribution is 5.86. The number of carbonyl (C=O) groups is 1. The molecule has 1 heterocycles. The third kappa shape index (κ3) is 1.58. The van der Waals surface area contributed by atoms with Crippen LogP contribution in [0, 0.1) is 6.92 Å². The maximum absolute atomic E-state index is 10.8. The summed E-state index contributed by atoms with van der Waals surface area (Å²) in [6, 6.07) is 7.97. The Morgan fingerprint density at radius 2 is 2.06 bits per heavy atom. The molecule has 0 saturated heterocycles. The number of aliphatic carboxylic acids is 1. The molecule has 1 N–H and O–H groups in total. The fraction of sp³-hybridized carbons (Fsp3) is 0.308. The van der Waals surface area contributed by atoms with Crippen molar-refractivity contribution in [2.75, 3.05) is 0 Å². The van der Waals surface area contributed by atoms with Crippen molar-refractivity contribution in [2.45, 2.75) is 26.8 Å². The molecule has 1 aromatic carbocycles. The van der Waals surface area contributed by atoms with Crippen LogP contribution in [-0.4, -0.2) is 15.6 Å². The van der Waals surface area contributed by atoms with Crippen molar-refractivity contribution in [1.82, 2.24) is 4.57 Å². The summed E-state index contributed by atoms with van der Waals surface area (Å²) in [6.07, 6.45) is 0.930. The monoisotopic (exact) mass is 217 g/mol. The first-order valence-electron chi connectivity index (χ1n) is 5.43. The molecule has 0 atom stereocenters. The van der Waals surface area contributed by atoms with Gasteiger partial charge in [-0.05, 0) is 25.0 Å². The van der Waals surface area contributed by atoms with Gasteiger partial charge in [-0.1, -0.05) is 25.1 Å². The minimum absolute atomic E-state index is 0.0341. The van der Waals surface area contributed by atoms with Gasteiger partial charge in [-0.2, -0.15) is 0 Å². The number of nitrogens with zero attached hydrogens (tertiary/aromatic N) is 1. The Morgan fingerprint density at radius 3 is 2.69 bits per heavy atom. The van der Waals surface area contributed by atoms with Crippen molar-refractivity contribution in [3.8, 4) is 0 Å². The Bertz CT molecular complexity index is 540. The third-order valence-corrected chi connectivity index (χ3v) is 3.01. The zero-order valence-corrected chi connectivity index (χ0v) is 9.53. The Hall–Kier alpha value is -1.77. The smallest absolute Gasteiger partial charge is 0.323 e. The number of hydrogen-bond acceptors (Lipinski definition) is 1. The molecule has 2 rings (SSSR count). The highest BCUT2D eigenvalue weighted by atomic mass is 16.4. The SMILES string of the molecule is CCc1c(C)n(CC(=O)O)c2ccccc12. The van der Waals surface area contributed by atoms with Crippen LogP contribution in [0.4, 0.5) is 0 Å². The number of carboxylic acids is 1. The molecule has 0 bridgehead atoms. The molecule has 0 aliphatic heterocycles. The molecule has 3 nitrogen and oxygen atoms in total. The highest BCUT2D eigenvalue weighted by Gasteiger charge is 2.13. The second kappa shape index (κ2) is 4.00. The second-order valence-corrected chi connectivity index (χ2v) is 3.91. The first kappa shape index (κ1) is 10.7. The van der Waals surface area contributed by atoms with Gasteiger partial charge in [0, 0.05) is 16.6 Å². The van der Waals surface area contributed by atoms with Crippen molar-refractivity contribution in [1.29, 1.82) is 0 Å². The lowest BCUT2D eigenvalue weighted by Gasteiger charge is -2.04. The lowest BCUT2D eigenvalue weighted by atomic mass is 10.1. The van der Waals surface area contributed by atoms with Crippen LogP contribution in [0.15, 0.2) is 24.3 Å². The zero-order chi connectivity index (χ0) is 11.7. The molecule has 2 aromatic rings. The number of rotatable bonds is 3. The lowest BCUT2D eigenvalue weighted by Crippen LogP contribution is -2.10. The van der Waals surface area contributed by atoms with E-state index < -0.39 is 5.97 Å². The van der Waals surface area contributed by atoms with Crippen molar-refractivity contribution in [2.24, 2.45) is 0 Å². The van der Waals surface area contributed by atoms with Gasteiger partial charge in [-0.15, -0.1) is 0 Å². The van der Waals surface area contributed by atoms with Crippen LogP contribution >= 0.6 is 0 Å².